The molecule has 0 atom stereocenters. The molecule has 3 heterocycles. The van der Waals surface area contributed by atoms with Crippen LogP contribution in [0.5, 0.6) is 0 Å². The van der Waals surface area contributed by atoms with E-state index in [1.54, 1.807) is 0 Å². The van der Waals surface area contributed by atoms with Crippen LogP contribution < -0.4 is 4.90 Å². The minimum absolute atomic E-state index is 0.593. The summed E-state index contributed by atoms with van der Waals surface area (Å²) in [6, 6.07) is 15.0. The lowest BCUT2D eigenvalue weighted by Gasteiger charge is -2.36. The summed E-state index contributed by atoms with van der Waals surface area (Å²) >= 11 is 0. The third kappa shape index (κ3) is 5.04. The van der Waals surface area contributed by atoms with Gasteiger partial charge in [-0.15, -0.1) is 0 Å². The fourth-order valence-corrected chi connectivity index (χ4v) is 3.75. The van der Waals surface area contributed by atoms with Crippen molar-refractivity contribution in [3.8, 4) is 11.4 Å². The summed E-state index contributed by atoms with van der Waals surface area (Å²) in [6.07, 6.45) is 1.81. The molecular weight excluding hydrogens is 376 g/mol. The molecule has 3 aromatic rings. The average molecular weight is 407 g/mol. The molecule has 0 spiro atoms. The Labute approximate surface area is 178 Å². The second kappa shape index (κ2) is 9.36. The van der Waals surface area contributed by atoms with E-state index in [1.165, 1.54) is 5.56 Å². The molecule has 0 radical (unpaired) electrons. The molecule has 4 rings (SSSR count). The summed E-state index contributed by atoms with van der Waals surface area (Å²) < 4.78 is 5.50. The van der Waals surface area contributed by atoms with E-state index in [2.05, 4.69) is 67.9 Å². The summed E-state index contributed by atoms with van der Waals surface area (Å²) in [6.45, 7) is 10.2. The van der Waals surface area contributed by atoms with Gasteiger partial charge >= 0.3 is 0 Å². The van der Waals surface area contributed by atoms with Gasteiger partial charge in [0.1, 0.15) is 5.82 Å². The molecule has 0 bridgehead atoms. The van der Waals surface area contributed by atoms with E-state index in [0.29, 0.717) is 24.3 Å². The van der Waals surface area contributed by atoms with Crippen molar-refractivity contribution in [3.05, 3.63) is 60.1 Å². The van der Waals surface area contributed by atoms with Gasteiger partial charge in [-0.3, -0.25) is 9.80 Å². The highest BCUT2D eigenvalue weighted by Crippen LogP contribution is 2.20. The molecule has 7 heteroatoms. The number of rotatable bonds is 7. The highest BCUT2D eigenvalue weighted by molar-refractivity contribution is 5.55. The van der Waals surface area contributed by atoms with E-state index >= 15 is 0 Å². The van der Waals surface area contributed by atoms with Crippen molar-refractivity contribution in [1.29, 1.82) is 0 Å². The van der Waals surface area contributed by atoms with Crippen molar-refractivity contribution in [2.24, 2.45) is 0 Å². The SMILES string of the molecule is CC(C)N1CCN(Cc2nc(-c3ccc(N(C)Cc4ccccc4)nc3)no2)CC1. The largest absolute Gasteiger partial charge is 0.355 e. The Morgan fingerprint density at radius 1 is 1.03 bits per heavy atom. The van der Waals surface area contributed by atoms with Gasteiger partial charge in [-0.2, -0.15) is 4.98 Å². The van der Waals surface area contributed by atoms with E-state index in [-0.39, 0.29) is 0 Å². The highest BCUT2D eigenvalue weighted by atomic mass is 16.5. The number of aromatic nitrogens is 3. The van der Waals surface area contributed by atoms with E-state index in [4.69, 9.17) is 4.52 Å². The predicted octanol–water partition coefficient (Wildman–Crippen LogP) is 3.29. The first kappa shape index (κ1) is 20.5. The molecule has 0 saturated carbocycles. The fraction of sp³-hybridized carbons (Fsp3) is 0.435. The van der Waals surface area contributed by atoms with Crippen LogP contribution in [0.3, 0.4) is 0 Å². The van der Waals surface area contributed by atoms with E-state index < -0.39 is 0 Å². The number of hydrogen-bond acceptors (Lipinski definition) is 7. The van der Waals surface area contributed by atoms with Crippen molar-refractivity contribution < 1.29 is 4.52 Å². The Morgan fingerprint density at radius 3 is 2.47 bits per heavy atom. The molecule has 0 aliphatic carbocycles. The van der Waals surface area contributed by atoms with E-state index in [1.807, 2.05) is 31.4 Å². The van der Waals surface area contributed by atoms with Crippen LogP contribution in [-0.4, -0.2) is 64.2 Å². The predicted molar refractivity (Wildman–Crippen MR) is 118 cm³/mol. The average Bonchev–Trinajstić information content (AvgIpc) is 3.23. The fourth-order valence-electron chi connectivity index (χ4n) is 3.75. The highest BCUT2D eigenvalue weighted by Gasteiger charge is 2.21. The Hall–Kier alpha value is -2.77. The normalized spacial score (nSPS) is 15.6. The Balaban J connectivity index is 1.34. The lowest BCUT2D eigenvalue weighted by Crippen LogP contribution is -2.48. The van der Waals surface area contributed by atoms with Crippen LogP contribution >= 0.6 is 0 Å². The molecule has 30 heavy (non-hydrogen) atoms. The monoisotopic (exact) mass is 406 g/mol. The van der Waals surface area contributed by atoms with Crippen molar-refractivity contribution in [1.82, 2.24) is 24.9 Å². The van der Waals surface area contributed by atoms with Gasteiger partial charge in [-0.25, -0.2) is 4.98 Å². The Morgan fingerprint density at radius 2 is 1.80 bits per heavy atom. The van der Waals surface area contributed by atoms with E-state index in [0.717, 1.165) is 44.1 Å². The molecule has 1 saturated heterocycles. The van der Waals surface area contributed by atoms with Gasteiger partial charge in [0.25, 0.3) is 0 Å². The van der Waals surface area contributed by atoms with Crippen molar-refractivity contribution in [3.63, 3.8) is 0 Å². The number of piperazine rings is 1. The molecule has 0 N–H and O–H groups in total. The van der Waals surface area contributed by atoms with Gasteiger partial charge in [0, 0.05) is 57.6 Å². The molecule has 0 unspecified atom stereocenters. The third-order valence-electron chi connectivity index (χ3n) is 5.62. The summed E-state index contributed by atoms with van der Waals surface area (Å²) in [5, 5.41) is 4.16. The molecule has 7 nitrogen and oxygen atoms in total. The number of benzene rings is 1. The molecule has 0 amide bonds. The maximum atomic E-state index is 5.50. The second-order valence-electron chi connectivity index (χ2n) is 8.16. The first-order valence-electron chi connectivity index (χ1n) is 10.6. The van der Waals surface area contributed by atoms with Crippen LogP contribution in [0.2, 0.25) is 0 Å². The summed E-state index contributed by atoms with van der Waals surface area (Å²) in [4.78, 5) is 16.2. The smallest absolute Gasteiger partial charge is 0.241 e. The quantitative estimate of drug-likeness (QED) is 0.597. The zero-order valence-corrected chi connectivity index (χ0v) is 18.0. The zero-order valence-electron chi connectivity index (χ0n) is 18.0. The van der Waals surface area contributed by atoms with Gasteiger partial charge in [0.15, 0.2) is 0 Å². The van der Waals surface area contributed by atoms with Gasteiger partial charge < -0.3 is 9.42 Å². The zero-order chi connectivity index (χ0) is 20.9. The van der Waals surface area contributed by atoms with Crippen molar-refractivity contribution >= 4 is 5.82 Å². The molecule has 1 aliphatic rings. The number of nitrogens with zero attached hydrogens (tertiary/aromatic N) is 6. The van der Waals surface area contributed by atoms with Crippen LogP contribution in [0.1, 0.15) is 25.3 Å². The van der Waals surface area contributed by atoms with Gasteiger partial charge in [-0.05, 0) is 31.5 Å². The van der Waals surface area contributed by atoms with Gasteiger partial charge in [0.05, 0.1) is 6.54 Å². The lowest BCUT2D eigenvalue weighted by atomic mass is 10.2. The maximum absolute atomic E-state index is 5.50. The Bertz CT molecular complexity index is 916. The number of pyridine rings is 1. The first-order chi connectivity index (χ1) is 14.6. The van der Waals surface area contributed by atoms with Crippen LogP contribution in [-0.2, 0) is 13.1 Å². The molecule has 1 aromatic carbocycles. The summed E-state index contributed by atoms with van der Waals surface area (Å²) in [7, 11) is 2.04. The molecular formula is C23H30N6O. The topological polar surface area (TPSA) is 61.5 Å². The molecule has 1 aliphatic heterocycles. The second-order valence-corrected chi connectivity index (χ2v) is 8.16. The summed E-state index contributed by atoms with van der Waals surface area (Å²) in [5.41, 5.74) is 2.12. The summed E-state index contributed by atoms with van der Waals surface area (Å²) in [5.74, 6) is 2.16. The molecule has 1 fully saturated rings. The number of hydrogen-bond donors (Lipinski definition) is 0. The van der Waals surface area contributed by atoms with Crippen LogP contribution in [0.25, 0.3) is 11.4 Å². The molecule has 2 aromatic heterocycles. The first-order valence-corrected chi connectivity index (χ1v) is 10.6. The third-order valence-corrected chi connectivity index (χ3v) is 5.62. The van der Waals surface area contributed by atoms with E-state index in [9.17, 15) is 0 Å². The minimum atomic E-state index is 0.593. The van der Waals surface area contributed by atoms with Crippen LogP contribution in [0.15, 0.2) is 53.2 Å². The minimum Gasteiger partial charge on any atom is -0.355 e. The maximum Gasteiger partial charge on any atom is 0.241 e. The van der Waals surface area contributed by atoms with Gasteiger partial charge in [-0.1, -0.05) is 35.5 Å². The Kier molecular flexibility index (Phi) is 6.40. The van der Waals surface area contributed by atoms with Crippen molar-refractivity contribution in [2.45, 2.75) is 33.0 Å². The molecule has 158 valence electrons. The van der Waals surface area contributed by atoms with Crippen LogP contribution in [0.4, 0.5) is 5.82 Å². The standard InChI is InChI=1S/C23H30N6O/c1-18(2)29-13-11-28(12-14-29)17-22-25-23(26-30-22)20-9-10-21(24-15-20)27(3)16-19-7-5-4-6-8-19/h4-10,15,18H,11-14,16-17H2,1-3H3. The van der Waals surface area contributed by atoms with Crippen LogP contribution in [0, 0.1) is 0 Å². The number of anilines is 1. The lowest BCUT2D eigenvalue weighted by molar-refractivity contribution is 0.0960. The van der Waals surface area contributed by atoms with Gasteiger partial charge in [0.2, 0.25) is 11.7 Å². The van der Waals surface area contributed by atoms with Crippen molar-refractivity contribution in [2.75, 3.05) is 38.1 Å².